The van der Waals surface area contributed by atoms with Gasteiger partial charge in [-0.1, -0.05) is 48.9 Å². The van der Waals surface area contributed by atoms with Gasteiger partial charge in [-0.05, 0) is 35.7 Å². The maximum absolute atomic E-state index is 11.9. The zero-order chi connectivity index (χ0) is 15.8. The van der Waals surface area contributed by atoms with Crippen LogP contribution in [0.15, 0.2) is 48.5 Å². The van der Waals surface area contributed by atoms with E-state index in [2.05, 4.69) is 10.6 Å². The van der Waals surface area contributed by atoms with Gasteiger partial charge in [0.1, 0.15) is 0 Å². The molecular formula is C18H21ClN2O. The fourth-order valence-corrected chi connectivity index (χ4v) is 2.35. The highest BCUT2D eigenvalue weighted by Crippen LogP contribution is 2.14. The Balaban J connectivity index is 1.90. The molecule has 116 valence electrons. The second-order valence-electron chi connectivity index (χ2n) is 5.15. The maximum atomic E-state index is 11.9. The first-order valence-corrected chi connectivity index (χ1v) is 7.89. The Kier molecular flexibility index (Phi) is 6.44. The summed E-state index contributed by atoms with van der Waals surface area (Å²) in [4.78, 5) is 11.9. The number of carbonyl (C=O) groups excluding carboxylic acids is 1. The zero-order valence-electron chi connectivity index (χ0n) is 12.7. The van der Waals surface area contributed by atoms with Gasteiger partial charge in [0.15, 0.2) is 0 Å². The minimum atomic E-state index is -0.0187. The third-order valence-electron chi connectivity index (χ3n) is 3.33. The predicted molar refractivity (Wildman–Crippen MR) is 91.1 cm³/mol. The van der Waals surface area contributed by atoms with Crippen LogP contribution in [0.4, 0.5) is 0 Å². The zero-order valence-corrected chi connectivity index (χ0v) is 13.5. The molecule has 0 spiro atoms. The van der Waals surface area contributed by atoms with Crippen molar-refractivity contribution >= 4 is 17.5 Å². The first-order chi connectivity index (χ1) is 10.7. The summed E-state index contributed by atoms with van der Waals surface area (Å²) in [5, 5.41) is 7.01. The molecule has 0 fully saturated rings. The number of amides is 1. The lowest BCUT2D eigenvalue weighted by atomic mass is 10.1. The van der Waals surface area contributed by atoms with Gasteiger partial charge < -0.3 is 10.6 Å². The first-order valence-electron chi connectivity index (χ1n) is 7.52. The lowest BCUT2D eigenvalue weighted by Crippen LogP contribution is -2.24. The van der Waals surface area contributed by atoms with Gasteiger partial charge in [-0.15, -0.1) is 0 Å². The van der Waals surface area contributed by atoms with Crippen LogP contribution in [-0.2, 0) is 13.1 Å². The summed E-state index contributed by atoms with van der Waals surface area (Å²) in [6.07, 6.45) is 0.935. The van der Waals surface area contributed by atoms with Crippen molar-refractivity contribution in [2.24, 2.45) is 0 Å². The highest BCUT2D eigenvalue weighted by molar-refractivity contribution is 6.31. The molecule has 0 unspecified atom stereocenters. The molecule has 0 aromatic heterocycles. The lowest BCUT2D eigenvalue weighted by Gasteiger charge is -2.08. The SMILES string of the molecule is CCCNC(=O)c1cccc(CNCc2ccccc2Cl)c1. The monoisotopic (exact) mass is 316 g/mol. The second-order valence-corrected chi connectivity index (χ2v) is 5.56. The number of halogens is 1. The predicted octanol–water partition coefficient (Wildman–Crippen LogP) is 3.77. The van der Waals surface area contributed by atoms with Crippen LogP contribution in [0, 0.1) is 0 Å². The molecule has 0 radical (unpaired) electrons. The molecule has 2 aromatic rings. The Morgan fingerprint density at radius 2 is 1.91 bits per heavy atom. The molecule has 2 N–H and O–H groups in total. The van der Waals surface area contributed by atoms with Crippen molar-refractivity contribution < 1.29 is 4.79 Å². The quantitative estimate of drug-likeness (QED) is 0.816. The Morgan fingerprint density at radius 1 is 1.09 bits per heavy atom. The van der Waals surface area contributed by atoms with Crippen molar-refractivity contribution in [3.8, 4) is 0 Å². The fourth-order valence-electron chi connectivity index (χ4n) is 2.15. The van der Waals surface area contributed by atoms with E-state index >= 15 is 0 Å². The molecule has 3 nitrogen and oxygen atoms in total. The molecule has 4 heteroatoms. The summed E-state index contributed by atoms with van der Waals surface area (Å²) in [5.74, 6) is -0.0187. The summed E-state index contributed by atoms with van der Waals surface area (Å²) in [7, 11) is 0. The Hall–Kier alpha value is -1.84. The maximum Gasteiger partial charge on any atom is 0.251 e. The van der Waals surface area contributed by atoms with Crippen LogP contribution in [-0.4, -0.2) is 12.5 Å². The molecule has 0 atom stereocenters. The van der Waals surface area contributed by atoms with Crippen LogP contribution in [0.5, 0.6) is 0 Å². The second kappa shape index (κ2) is 8.57. The van der Waals surface area contributed by atoms with Crippen molar-refractivity contribution in [1.29, 1.82) is 0 Å². The minimum absolute atomic E-state index is 0.0187. The third kappa shape index (κ3) is 4.86. The summed E-state index contributed by atoms with van der Waals surface area (Å²) >= 11 is 6.13. The topological polar surface area (TPSA) is 41.1 Å². The van der Waals surface area contributed by atoms with Gasteiger partial charge in [0.25, 0.3) is 5.91 Å². The molecule has 0 aliphatic carbocycles. The summed E-state index contributed by atoms with van der Waals surface area (Å²) in [6, 6.07) is 15.5. The van der Waals surface area contributed by atoms with Gasteiger partial charge in [0, 0.05) is 30.2 Å². The van der Waals surface area contributed by atoms with E-state index in [-0.39, 0.29) is 5.91 Å². The molecule has 0 bridgehead atoms. The number of nitrogens with one attached hydrogen (secondary N) is 2. The molecule has 1 amide bonds. The number of benzene rings is 2. The Bertz CT molecular complexity index is 628. The van der Waals surface area contributed by atoms with Gasteiger partial charge in [0.05, 0.1) is 0 Å². The third-order valence-corrected chi connectivity index (χ3v) is 3.70. The van der Waals surface area contributed by atoms with Crippen LogP contribution in [0.1, 0.15) is 34.8 Å². The van der Waals surface area contributed by atoms with E-state index in [4.69, 9.17) is 11.6 Å². The van der Waals surface area contributed by atoms with E-state index in [0.717, 1.165) is 22.6 Å². The van der Waals surface area contributed by atoms with Crippen molar-refractivity contribution in [2.45, 2.75) is 26.4 Å². The molecular weight excluding hydrogens is 296 g/mol. The standard InChI is InChI=1S/C18H21ClN2O/c1-2-10-21-18(22)15-8-5-6-14(11-15)12-20-13-16-7-3-4-9-17(16)19/h3-9,11,20H,2,10,12-13H2,1H3,(H,21,22). The van der Waals surface area contributed by atoms with Crippen molar-refractivity contribution in [3.63, 3.8) is 0 Å². The smallest absolute Gasteiger partial charge is 0.251 e. The largest absolute Gasteiger partial charge is 0.352 e. The van der Waals surface area contributed by atoms with Gasteiger partial charge in [0.2, 0.25) is 0 Å². The normalized spacial score (nSPS) is 10.5. The molecule has 0 heterocycles. The van der Waals surface area contributed by atoms with Crippen LogP contribution in [0.3, 0.4) is 0 Å². The summed E-state index contributed by atoms with van der Waals surface area (Å²) in [5.41, 5.74) is 2.85. The van der Waals surface area contributed by atoms with Crippen molar-refractivity contribution in [3.05, 3.63) is 70.2 Å². The van der Waals surface area contributed by atoms with Crippen LogP contribution in [0.25, 0.3) is 0 Å². The molecule has 0 saturated heterocycles. The van der Waals surface area contributed by atoms with E-state index in [1.807, 2.05) is 55.5 Å². The molecule has 0 aliphatic rings. The highest BCUT2D eigenvalue weighted by atomic mass is 35.5. The molecule has 0 aliphatic heterocycles. The van der Waals surface area contributed by atoms with E-state index in [0.29, 0.717) is 25.2 Å². The molecule has 2 aromatic carbocycles. The van der Waals surface area contributed by atoms with Crippen molar-refractivity contribution in [1.82, 2.24) is 10.6 Å². The number of hydrogen-bond acceptors (Lipinski definition) is 2. The van der Waals surface area contributed by atoms with Gasteiger partial charge in [-0.2, -0.15) is 0 Å². The van der Waals surface area contributed by atoms with Crippen LogP contribution in [0.2, 0.25) is 5.02 Å². The average Bonchev–Trinajstić information content (AvgIpc) is 2.54. The molecule has 22 heavy (non-hydrogen) atoms. The Labute approximate surface area is 136 Å². The van der Waals surface area contributed by atoms with Crippen molar-refractivity contribution in [2.75, 3.05) is 6.54 Å². The molecule has 0 saturated carbocycles. The number of hydrogen-bond donors (Lipinski definition) is 2. The first kappa shape index (κ1) is 16.5. The number of carbonyl (C=O) groups is 1. The number of rotatable bonds is 7. The van der Waals surface area contributed by atoms with Crippen LogP contribution < -0.4 is 10.6 Å². The van der Waals surface area contributed by atoms with E-state index in [1.54, 1.807) is 0 Å². The Morgan fingerprint density at radius 3 is 2.68 bits per heavy atom. The molecule has 2 rings (SSSR count). The van der Waals surface area contributed by atoms with Gasteiger partial charge in [-0.3, -0.25) is 4.79 Å². The summed E-state index contributed by atoms with van der Waals surface area (Å²) < 4.78 is 0. The highest BCUT2D eigenvalue weighted by Gasteiger charge is 2.05. The van der Waals surface area contributed by atoms with E-state index in [9.17, 15) is 4.79 Å². The van der Waals surface area contributed by atoms with Crippen LogP contribution >= 0.6 is 11.6 Å². The van der Waals surface area contributed by atoms with E-state index < -0.39 is 0 Å². The fraction of sp³-hybridized carbons (Fsp3) is 0.278. The summed E-state index contributed by atoms with van der Waals surface area (Å²) in [6.45, 7) is 4.13. The van der Waals surface area contributed by atoms with Gasteiger partial charge in [-0.25, -0.2) is 0 Å². The lowest BCUT2D eigenvalue weighted by molar-refractivity contribution is 0.0953. The van der Waals surface area contributed by atoms with Gasteiger partial charge >= 0.3 is 0 Å². The van der Waals surface area contributed by atoms with E-state index in [1.165, 1.54) is 0 Å². The minimum Gasteiger partial charge on any atom is -0.352 e. The average molecular weight is 317 g/mol.